The highest BCUT2D eigenvalue weighted by Gasteiger charge is 2.06. The third-order valence-corrected chi connectivity index (χ3v) is 4.03. The summed E-state index contributed by atoms with van der Waals surface area (Å²) >= 11 is 1.85. The maximum absolute atomic E-state index is 10.6. The summed E-state index contributed by atoms with van der Waals surface area (Å²) in [6.07, 6.45) is 1.36. The van der Waals surface area contributed by atoms with E-state index in [1.54, 1.807) is 0 Å². The average molecular weight is 266 g/mol. The molecule has 1 rings (SSSR count). The van der Waals surface area contributed by atoms with Gasteiger partial charge in [0.2, 0.25) is 0 Å². The van der Waals surface area contributed by atoms with Crippen molar-refractivity contribution in [3.05, 3.63) is 29.8 Å². The summed E-state index contributed by atoms with van der Waals surface area (Å²) in [5, 5.41) is 8.69. The molecule has 1 N–H and O–H groups in total. The van der Waals surface area contributed by atoms with E-state index in [1.165, 1.54) is 11.3 Å². The van der Waals surface area contributed by atoms with Gasteiger partial charge < -0.3 is 5.11 Å². The Labute approximate surface area is 114 Å². The number of rotatable bonds is 7. The molecule has 0 fully saturated rings. The van der Waals surface area contributed by atoms with E-state index in [0.717, 1.165) is 17.2 Å². The molecule has 1 atom stereocenters. The largest absolute Gasteiger partial charge is 0.481 e. The van der Waals surface area contributed by atoms with Crippen molar-refractivity contribution in [3.63, 3.8) is 0 Å². The van der Waals surface area contributed by atoms with E-state index >= 15 is 0 Å². The molecule has 18 heavy (non-hydrogen) atoms. The van der Waals surface area contributed by atoms with Crippen molar-refractivity contribution in [2.45, 2.75) is 38.5 Å². The molecule has 0 aliphatic heterocycles. The number of thioether (sulfide) groups is 1. The van der Waals surface area contributed by atoms with Gasteiger partial charge in [-0.15, -0.1) is 11.8 Å². The molecule has 0 bridgehead atoms. The van der Waals surface area contributed by atoms with Crippen LogP contribution in [0.15, 0.2) is 29.2 Å². The molecule has 0 aromatic heterocycles. The molecule has 1 aromatic carbocycles. The van der Waals surface area contributed by atoms with Crippen molar-refractivity contribution in [3.8, 4) is 0 Å². The minimum atomic E-state index is -0.777. The number of carboxylic acids is 1. The SMILES string of the molecule is CC(C)CC(C)CSc1ccc(CC(=O)O)cc1. The number of carboxylic acid groups (broad SMARTS) is 1. The van der Waals surface area contributed by atoms with E-state index in [0.29, 0.717) is 5.92 Å². The Balaban J connectivity index is 2.41. The molecule has 100 valence electrons. The molecule has 2 nitrogen and oxygen atoms in total. The maximum atomic E-state index is 10.6. The van der Waals surface area contributed by atoms with Gasteiger partial charge in [0, 0.05) is 10.6 Å². The summed E-state index contributed by atoms with van der Waals surface area (Å²) in [5.74, 6) is 1.81. The highest BCUT2D eigenvalue weighted by atomic mass is 32.2. The van der Waals surface area contributed by atoms with E-state index < -0.39 is 5.97 Å². The van der Waals surface area contributed by atoms with Gasteiger partial charge in [-0.05, 0) is 36.0 Å². The Kier molecular flexibility index (Phi) is 6.27. The van der Waals surface area contributed by atoms with Gasteiger partial charge in [0.15, 0.2) is 0 Å². The first-order valence-corrected chi connectivity index (χ1v) is 7.39. The van der Waals surface area contributed by atoms with Crippen LogP contribution in [0.3, 0.4) is 0 Å². The molecule has 0 heterocycles. The van der Waals surface area contributed by atoms with E-state index in [4.69, 9.17) is 5.11 Å². The van der Waals surface area contributed by atoms with E-state index in [2.05, 4.69) is 20.8 Å². The third-order valence-electron chi connectivity index (χ3n) is 2.69. The van der Waals surface area contributed by atoms with Gasteiger partial charge >= 0.3 is 5.97 Å². The monoisotopic (exact) mass is 266 g/mol. The third kappa shape index (κ3) is 6.10. The lowest BCUT2D eigenvalue weighted by Gasteiger charge is -2.13. The zero-order chi connectivity index (χ0) is 13.5. The topological polar surface area (TPSA) is 37.3 Å². The fourth-order valence-corrected chi connectivity index (χ4v) is 2.93. The number of carbonyl (C=O) groups is 1. The Morgan fingerprint density at radius 2 is 1.83 bits per heavy atom. The lowest BCUT2D eigenvalue weighted by molar-refractivity contribution is -0.136. The van der Waals surface area contributed by atoms with Crippen LogP contribution >= 0.6 is 11.8 Å². The van der Waals surface area contributed by atoms with E-state index in [-0.39, 0.29) is 6.42 Å². The molecule has 1 aromatic rings. The summed E-state index contributed by atoms with van der Waals surface area (Å²) in [6, 6.07) is 7.85. The second-order valence-electron chi connectivity index (χ2n) is 5.26. The smallest absolute Gasteiger partial charge is 0.307 e. The first-order valence-electron chi connectivity index (χ1n) is 6.41. The number of hydrogen-bond acceptors (Lipinski definition) is 2. The molecule has 0 saturated carbocycles. The highest BCUT2D eigenvalue weighted by Crippen LogP contribution is 2.24. The van der Waals surface area contributed by atoms with Crippen molar-refractivity contribution in [2.24, 2.45) is 11.8 Å². The standard InChI is InChI=1S/C15H22O2S/c1-11(2)8-12(3)10-18-14-6-4-13(5-7-14)9-15(16)17/h4-7,11-12H,8-10H2,1-3H3,(H,16,17). The van der Waals surface area contributed by atoms with Gasteiger partial charge in [-0.25, -0.2) is 0 Å². The van der Waals surface area contributed by atoms with E-state index in [9.17, 15) is 4.79 Å². The zero-order valence-electron chi connectivity index (χ0n) is 11.3. The van der Waals surface area contributed by atoms with Crippen LogP contribution in [-0.4, -0.2) is 16.8 Å². The summed E-state index contributed by atoms with van der Waals surface area (Å²) in [6.45, 7) is 6.79. The number of hydrogen-bond donors (Lipinski definition) is 1. The first kappa shape index (κ1) is 15.1. The fourth-order valence-electron chi connectivity index (χ4n) is 1.99. The van der Waals surface area contributed by atoms with Crippen LogP contribution in [0.1, 0.15) is 32.8 Å². The molecule has 3 heteroatoms. The molecule has 0 radical (unpaired) electrons. The second kappa shape index (κ2) is 7.47. The Morgan fingerprint density at radius 3 is 2.33 bits per heavy atom. The average Bonchev–Trinajstić information content (AvgIpc) is 2.26. The van der Waals surface area contributed by atoms with Crippen molar-refractivity contribution in [1.82, 2.24) is 0 Å². The Bertz CT molecular complexity index is 371. The summed E-state index contributed by atoms with van der Waals surface area (Å²) < 4.78 is 0. The second-order valence-corrected chi connectivity index (χ2v) is 6.35. The van der Waals surface area contributed by atoms with Crippen molar-refractivity contribution < 1.29 is 9.90 Å². The summed E-state index contributed by atoms with van der Waals surface area (Å²) in [5.41, 5.74) is 0.863. The van der Waals surface area contributed by atoms with Crippen LogP contribution in [0.25, 0.3) is 0 Å². The number of benzene rings is 1. The minimum absolute atomic E-state index is 0.106. The molecular weight excluding hydrogens is 244 g/mol. The van der Waals surface area contributed by atoms with Crippen LogP contribution in [-0.2, 0) is 11.2 Å². The van der Waals surface area contributed by atoms with Crippen LogP contribution in [0, 0.1) is 11.8 Å². The van der Waals surface area contributed by atoms with Crippen LogP contribution in [0.5, 0.6) is 0 Å². The predicted molar refractivity (Wildman–Crippen MR) is 77.1 cm³/mol. The van der Waals surface area contributed by atoms with Crippen LogP contribution < -0.4 is 0 Å². The molecule has 0 spiro atoms. The lowest BCUT2D eigenvalue weighted by atomic mass is 10.0. The van der Waals surface area contributed by atoms with Gasteiger partial charge in [-0.2, -0.15) is 0 Å². The number of aliphatic carboxylic acids is 1. The van der Waals surface area contributed by atoms with Gasteiger partial charge in [-0.1, -0.05) is 32.9 Å². The minimum Gasteiger partial charge on any atom is -0.481 e. The summed E-state index contributed by atoms with van der Waals surface area (Å²) in [4.78, 5) is 11.8. The highest BCUT2D eigenvalue weighted by molar-refractivity contribution is 7.99. The van der Waals surface area contributed by atoms with Crippen molar-refractivity contribution >= 4 is 17.7 Å². The van der Waals surface area contributed by atoms with Crippen LogP contribution in [0.2, 0.25) is 0 Å². The Morgan fingerprint density at radius 1 is 1.22 bits per heavy atom. The van der Waals surface area contributed by atoms with Crippen molar-refractivity contribution in [1.29, 1.82) is 0 Å². The van der Waals surface area contributed by atoms with Gasteiger partial charge in [0.1, 0.15) is 0 Å². The summed E-state index contributed by atoms with van der Waals surface area (Å²) in [7, 11) is 0. The zero-order valence-corrected chi connectivity index (χ0v) is 12.2. The molecule has 0 saturated heterocycles. The first-order chi connectivity index (χ1) is 8.47. The van der Waals surface area contributed by atoms with Gasteiger partial charge in [0.05, 0.1) is 6.42 Å². The molecular formula is C15H22O2S. The fraction of sp³-hybridized carbons (Fsp3) is 0.533. The van der Waals surface area contributed by atoms with Crippen LogP contribution in [0.4, 0.5) is 0 Å². The van der Waals surface area contributed by atoms with Gasteiger partial charge in [0.25, 0.3) is 0 Å². The van der Waals surface area contributed by atoms with Crippen molar-refractivity contribution in [2.75, 3.05) is 5.75 Å². The molecule has 0 aliphatic rings. The molecule has 1 unspecified atom stereocenters. The van der Waals surface area contributed by atoms with Gasteiger partial charge in [-0.3, -0.25) is 4.79 Å². The normalized spacial score (nSPS) is 12.7. The lowest BCUT2D eigenvalue weighted by Crippen LogP contribution is -2.02. The quantitative estimate of drug-likeness (QED) is 0.755. The predicted octanol–water partition coefficient (Wildman–Crippen LogP) is 4.09. The molecule has 0 amide bonds. The van der Waals surface area contributed by atoms with E-state index in [1.807, 2.05) is 36.0 Å². The maximum Gasteiger partial charge on any atom is 0.307 e. The Hall–Kier alpha value is -0.960. The molecule has 0 aliphatic carbocycles.